The van der Waals surface area contributed by atoms with E-state index in [1.54, 1.807) is 0 Å². The van der Waals surface area contributed by atoms with Gasteiger partial charge in [0, 0.05) is 39.0 Å². The maximum atomic E-state index is 5.63. The summed E-state index contributed by atoms with van der Waals surface area (Å²) in [7, 11) is 0. The molecule has 0 saturated carbocycles. The topological polar surface area (TPSA) is 30.3 Å². The number of para-hydroxylation sites is 2. The van der Waals surface area contributed by atoms with Gasteiger partial charge in [-0.1, -0.05) is 12.1 Å². The zero-order chi connectivity index (χ0) is 17.1. The molecular formula is C20H31BrN4O. The summed E-state index contributed by atoms with van der Waals surface area (Å²) in [4.78, 5) is 7.52. The molecule has 0 atom stereocenters. The third kappa shape index (κ3) is 3.92. The molecule has 0 aliphatic carbocycles. The van der Waals surface area contributed by atoms with Gasteiger partial charge in [-0.25, -0.2) is 4.98 Å². The number of fused-ring (bicyclic) bond motifs is 1. The monoisotopic (exact) mass is 422 g/mol. The molecule has 2 fully saturated rings. The summed E-state index contributed by atoms with van der Waals surface area (Å²) in [6.07, 6.45) is 4.09. The quantitative estimate of drug-likeness (QED) is 0.497. The number of halogens is 1. The van der Waals surface area contributed by atoms with E-state index in [1.807, 2.05) is 0 Å². The Kier molecular flexibility index (Phi) is 6.59. The second kappa shape index (κ2) is 8.72. The Hall–Kier alpha value is -1.11. The van der Waals surface area contributed by atoms with Crippen molar-refractivity contribution >= 4 is 17.0 Å². The van der Waals surface area contributed by atoms with Gasteiger partial charge in [-0.05, 0) is 19.1 Å². The molecule has 0 radical (unpaired) electrons. The Morgan fingerprint density at radius 3 is 2.62 bits per heavy atom. The number of aromatic nitrogens is 2. The van der Waals surface area contributed by atoms with E-state index in [0.717, 1.165) is 44.3 Å². The van der Waals surface area contributed by atoms with Crippen LogP contribution in [0, 0.1) is 0 Å². The van der Waals surface area contributed by atoms with Crippen molar-refractivity contribution in [1.29, 1.82) is 0 Å². The fraction of sp³-hybridized carbons (Fsp3) is 0.650. The van der Waals surface area contributed by atoms with Gasteiger partial charge in [-0.3, -0.25) is 0 Å². The van der Waals surface area contributed by atoms with Crippen molar-refractivity contribution in [1.82, 2.24) is 9.55 Å². The fourth-order valence-corrected chi connectivity index (χ4v) is 4.63. The van der Waals surface area contributed by atoms with Crippen LogP contribution in [0.2, 0.25) is 0 Å². The second-order valence-electron chi connectivity index (χ2n) is 7.53. The third-order valence-corrected chi connectivity index (χ3v) is 6.00. The largest absolute Gasteiger partial charge is 1.00 e. The smallest absolute Gasteiger partial charge is 0.206 e. The van der Waals surface area contributed by atoms with E-state index in [2.05, 4.69) is 40.7 Å². The molecule has 144 valence electrons. The first kappa shape index (κ1) is 19.6. The summed E-state index contributed by atoms with van der Waals surface area (Å²) >= 11 is 0. The van der Waals surface area contributed by atoms with Gasteiger partial charge in [0.05, 0.1) is 50.4 Å². The highest BCUT2D eigenvalue weighted by Gasteiger charge is 2.34. The first-order valence-corrected chi connectivity index (χ1v) is 9.94. The molecule has 5 nitrogen and oxygen atoms in total. The highest BCUT2D eigenvalue weighted by molar-refractivity contribution is 5.78. The maximum absolute atomic E-state index is 5.63. The summed E-state index contributed by atoms with van der Waals surface area (Å²) in [6.45, 7) is 12.1. The average molecular weight is 423 g/mol. The van der Waals surface area contributed by atoms with Crippen molar-refractivity contribution in [2.75, 3.05) is 57.4 Å². The van der Waals surface area contributed by atoms with E-state index in [9.17, 15) is 0 Å². The molecule has 0 bridgehead atoms. The molecule has 26 heavy (non-hydrogen) atoms. The van der Waals surface area contributed by atoms with Gasteiger partial charge in [-0.15, -0.1) is 0 Å². The van der Waals surface area contributed by atoms with Crippen molar-refractivity contribution in [2.24, 2.45) is 0 Å². The number of anilines is 1. The Morgan fingerprint density at radius 1 is 1.04 bits per heavy atom. The Labute approximate surface area is 167 Å². The Bertz CT molecular complexity index is 711. The molecule has 4 rings (SSSR count). The highest BCUT2D eigenvalue weighted by atomic mass is 79.9. The highest BCUT2D eigenvalue weighted by Crippen LogP contribution is 2.27. The molecule has 3 heterocycles. The van der Waals surface area contributed by atoms with E-state index in [-0.39, 0.29) is 17.0 Å². The molecule has 0 unspecified atom stereocenters. The van der Waals surface area contributed by atoms with Crippen LogP contribution in [0.15, 0.2) is 24.3 Å². The number of imidazole rings is 1. The minimum atomic E-state index is 0. The predicted molar refractivity (Wildman–Crippen MR) is 102 cm³/mol. The van der Waals surface area contributed by atoms with E-state index in [0.29, 0.717) is 0 Å². The van der Waals surface area contributed by atoms with Gasteiger partial charge < -0.3 is 35.7 Å². The van der Waals surface area contributed by atoms with Crippen LogP contribution < -0.4 is 21.9 Å². The van der Waals surface area contributed by atoms with Crippen molar-refractivity contribution in [2.45, 2.75) is 32.7 Å². The number of nitrogens with zero attached hydrogens (tertiary/aromatic N) is 4. The first-order chi connectivity index (χ1) is 12.3. The number of ether oxygens (including phenoxy) is 1. The lowest BCUT2D eigenvalue weighted by Gasteiger charge is -2.33. The van der Waals surface area contributed by atoms with E-state index in [1.165, 1.54) is 55.4 Å². The minimum absolute atomic E-state index is 0. The van der Waals surface area contributed by atoms with Crippen LogP contribution in [0.4, 0.5) is 5.95 Å². The van der Waals surface area contributed by atoms with E-state index in [4.69, 9.17) is 9.72 Å². The van der Waals surface area contributed by atoms with Gasteiger partial charge in [0.2, 0.25) is 5.95 Å². The van der Waals surface area contributed by atoms with Crippen LogP contribution in [0.5, 0.6) is 0 Å². The standard InChI is InChI=1S/C20H31N4O.BrH/c1-2-25-17-12-23-19-9-4-3-8-18(19)21-20(23)22-10-7-15-24(16-11-22)13-5-6-14-24;/h3-4,8-9H,2,5-7,10-17H2,1H3;1H/q+1;/p-1. The first-order valence-electron chi connectivity index (χ1n) is 9.94. The van der Waals surface area contributed by atoms with E-state index >= 15 is 0 Å². The lowest BCUT2D eigenvalue weighted by Crippen LogP contribution is -3.00. The molecule has 0 N–H and O–H groups in total. The molecule has 2 aliphatic heterocycles. The molecule has 1 spiro atoms. The van der Waals surface area contributed by atoms with Crippen LogP contribution in [0.3, 0.4) is 0 Å². The summed E-state index contributed by atoms with van der Waals surface area (Å²) in [6, 6.07) is 8.50. The van der Waals surface area contributed by atoms with Crippen molar-refractivity contribution < 1.29 is 26.2 Å². The number of rotatable bonds is 5. The molecule has 2 aromatic rings. The van der Waals surface area contributed by atoms with Gasteiger partial charge in [0.25, 0.3) is 0 Å². The second-order valence-corrected chi connectivity index (χ2v) is 7.53. The summed E-state index contributed by atoms with van der Waals surface area (Å²) < 4.78 is 9.34. The molecule has 1 aromatic heterocycles. The molecule has 1 aromatic carbocycles. The normalized spacial score (nSPS) is 19.7. The van der Waals surface area contributed by atoms with Crippen LogP contribution in [0.25, 0.3) is 11.0 Å². The number of quaternary nitrogens is 1. The number of benzene rings is 1. The van der Waals surface area contributed by atoms with Crippen molar-refractivity contribution in [3.05, 3.63) is 24.3 Å². The zero-order valence-electron chi connectivity index (χ0n) is 15.9. The SMILES string of the molecule is CCOCCn1c(N2CCC[N+]3(CCCC3)CC2)nc2ccccc21.[Br-]. The minimum Gasteiger partial charge on any atom is -1.00 e. The van der Waals surface area contributed by atoms with Crippen LogP contribution >= 0.6 is 0 Å². The Balaban J connectivity index is 0.00000196. The van der Waals surface area contributed by atoms with Gasteiger partial charge in [-0.2, -0.15) is 0 Å². The van der Waals surface area contributed by atoms with Gasteiger partial charge >= 0.3 is 0 Å². The molecule has 6 heteroatoms. The lowest BCUT2D eigenvalue weighted by molar-refractivity contribution is -0.914. The molecular weight excluding hydrogens is 392 g/mol. The zero-order valence-corrected chi connectivity index (χ0v) is 17.5. The lowest BCUT2D eigenvalue weighted by atomic mass is 10.3. The summed E-state index contributed by atoms with van der Waals surface area (Å²) in [5, 5.41) is 0. The Morgan fingerprint density at radius 2 is 1.81 bits per heavy atom. The predicted octanol–water partition coefficient (Wildman–Crippen LogP) is -0.102. The third-order valence-electron chi connectivity index (χ3n) is 6.00. The maximum Gasteiger partial charge on any atom is 0.206 e. The molecule has 2 saturated heterocycles. The summed E-state index contributed by atoms with van der Waals surface area (Å²) in [5.41, 5.74) is 2.33. The van der Waals surface area contributed by atoms with E-state index < -0.39 is 0 Å². The average Bonchev–Trinajstić information content (AvgIpc) is 3.17. The van der Waals surface area contributed by atoms with Gasteiger partial charge in [0.1, 0.15) is 0 Å². The summed E-state index contributed by atoms with van der Waals surface area (Å²) in [5.74, 6) is 1.14. The van der Waals surface area contributed by atoms with Crippen LogP contribution in [-0.4, -0.2) is 66.5 Å². The van der Waals surface area contributed by atoms with Crippen molar-refractivity contribution in [3.63, 3.8) is 0 Å². The van der Waals surface area contributed by atoms with Gasteiger partial charge in [0.15, 0.2) is 0 Å². The number of hydrogen-bond acceptors (Lipinski definition) is 3. The van der Waals surface area contributed by atoms with Crippen LogP contribution in [0.1, 0.15) is 26.2 Å². The fourth-order valence-electron chi connectivity index (χ4n) is 4.63. The van der Waals surface area contributed by atoms with Crippen molar-refractivity contribution in [3.8, 4) is 0 Å². The molecule has 0 amide bonds. The number of hydrogen-bond donors (Lipinski definition) is 0. The van der Waals surface area contributed by atoms with Crippen LogP contribution in [-0.2, 0) is 11.3 Å². The molecule has 2 aliphatic rings.